The zero-order valence-electron chi connectivity index (χ0n) is 29.5. The Balaban J connectivity index is 2.87. The lowest BCUT2D eigenvalue weighted by atomic mass is 9.87. The van der Waals surface area contributed by atoms with Crippen molar-refractivity contribution in [3.05, 3.63) is 42.0 Å². The normalized spacial score (nSPS) is 12.7. The first kappa shape index (κ1) is 42.9. The van der Waals surface area contributed by atoms with Crippen LogP contribution in [-0.2, 0) is 35.1 Å². The quantitative estimate of drug-likeness (QED) is 0.0506. The molecule has 0 bridgehead atoms. The first-order chi connectivity index (χ1) is 23.6. The van der Waals surface area contributed by atoms with Gasteiger partial charge in [-0.2, -0.15) is 0 Å². The van der Waals surface area contributed by atoms with E-state index in [1.165, 1.54) is 32.4 Å². The molecule has 11 heteroatoms. The van der Waals surface area contributed by atoms with Crippen LogP contribution < -0.4 is 15.4 Å². The van der Waals surface area contributed by atoms with Crippen molar-refractivity contribution in [2.24, 2.45) is 11.8 Å². The highest BCUT2D eigenvalue weighted by Crippen LogP contribution is 2.21. The molecule has 3 atom stereocenters. The topological polar surface area (TPSA) is 168 Å². The van der Waals surface area contributed by atoms with Crippen LogP contribution in [0.1, 0.15) is 103 Å². The van der Waals surface area contributed by atoms with Gasteiger partial charge in [0.25, 0.3) is 0 Å². The third-order valence-electron chi connectivity index (χ3n) is 8.03. The summed E-state index contributed by atoms with van der Waals surface area (Å²) in [4.78, 5) is 62.7. The summed E-state index contributed by atoms with van der Waals surface area (Å²) < 4.78 is 10.4. The van der Waals surface area contributed by atoms with E-state index in [4.69, 9.17) is 9.47 Å². The summed E-state index contributed by atoms with van der Waals surface area (Å²) in [6.07, 6.45) is 13.4. The monoisotopic (exact) mass is 684 g/mol. The van der Waals surface area contributed by atoms with Gasteiger partial charge in [-0.1, -0.05) is 75.7 Å². The number of carbonyl (C=O) groups excluding carboxylic acids is 3. The van der Waals surface area contributed by atoms with Crippen LogP contribution in [0, 0.1) is 23.7 Å². The molecule has 1 rings (SSSR count). The van der Waals surface area contributed by atoms with E-state index in [0.29, 0.717) is 36.4 Å². The smallest absolute Gasteiger partial charge is 0.326 e. The van der Waals surface area contributed by atoms with Crippen molar-refractivity contribution in [1.29, 1.82) is 0 Å². The summed E-state index contributed by atoms with van der Waals surface area (Å²) in [5.41, 5.74) is 0.620. The summed E-state index contributed by atoms with van der Waals surface area (Å²) in [5.74, 6) is -0.333. The number of ether oxygens (including phenoxy) is 2. The van der Waals surface area contributed by atoms with E-state index in [1.54, 1.807) is 37.3 Å². The van der Waals surface area contributed by atoms with Gasteiger partial charge in [-0.05, 0) is 50.3 Å². The Morgan fingerprint density at radius 2 is 1.55 bits per heavy atom. The zero-order valence-corrected chi connectivity index (χ0v) is 29.5. The van der Waals surface area contributed by atoms with Gasteiger partial charge in [0.1, 0.15) is 24.2 Å². The third-order valence-corrected chi connectivity index (χ3v) is 8.03. The minimum atomic E-state index is -1.43. The molecule has 0 aliphatic carbocycles. The number of rotatable bonds is 28. The van der Waals surface area contributed by atoms with Crippen molar-refractivity contribution in [3.63, 3.8) is 0 Å². The van der Waals surface area contributed by atoms with Crippen molar-refractivity contribution in [2.75, 3.05) is 26.9 Å². The number of aliphatic carboxylic acids is 2. The maximum absolute atomic E-state index is 13.5. The van der Waals surface area contributed by atoms with E-state index >= 15 is 0 Å². The van der Waals surface area contributed by atoms with Crippen LogP contribution in [-0.4, -0.2) is 72.7 Å². The van der Waals surface area contributed by atoms with Gasteiger partial charge in [-0.3, -0.25) is 19.2 Å². The summed E-state index contributed by atoms with van der Waals surface area (Å²) in [5, 5.41) is 25.0. The molecule has 49 heavy (non-hydrogen) atoms. The second-order valence-electron chi connectivity index (χ2n) is 12.1. The number of ketones is 1. The van der Waals surface area contributed by atoms with Crippen LogP contribution in [0.3, 0.4) is 0 Å². The second kappa shape index (κ2) is 26.7. The Morgan fingerprint density at radius 1 is 0.898 bits per heavy atom. The molecule has 2 amide bonds. The number of benzene rings is 1. The molecule has 1 aromatic carbocycles. The van der Waals surface area contributed by atoms with Crippen molar-refractivity contribution in [2.45, 2.75) is 110 Å². The molecule has 0 aliphatic heterocycles. The molecular weight excluding hydrogens is 628 g/mol. The molecule has 0 saturated carbocycles. The highest BCUT2D eigenvalue weighted by molar-refractivity contribution is 5.91. The van der Waals surface area contributed by atoms with Crippen molar-refractivity contribution >= 4 is 29.5 Å². The average Bonchev–Trinajstić information content (AvgIpc) is 3.07. The molecule has 0 fully saturated rings. The number of carboxylic acids is 2. The van der Waals surface area contributed by atoms with Crippen LogP contribution in [0.15, 0.2) is 36.4 Å². The lowest BCUT2D eigenvalue weighted by Crippen LogP contribution is -2.47. The van der Waals surface area contributed by atoms with Crippen molar-refractivity contribution in [3.8, 4) is 17.6 Å². The number of nitrogens with one attached hydrogen (secondary N) is 2. The van der Waals surface area contributed by atoms with Gasteiger partial charge in [-0.15, -0.1) is 5.92 Å². The molecule has 272 valence electrons. The van der Waals surface area contributed by atoms with Gasteiger partial charge >= 0.3 is 11.9 Å². The standard InChI is InChI=1S/C38H56N2O9/c1-4-6-8-11-14-17-30(41)18-15-12-9-10-13-16-19-32(33(37(44)45)28-35(42)39-24-26-48-3)36(43)40-34(38(46)47)27-29-20-22-31(23-21-29)49-25-7-5-2/h16,19-23,32-34H,4,6,8-15,17-18,24-28H2,1-3H3,(H,39,42)(H,40,43)(H,44,45)(H,46,47)/b19-16+/t32-,33+,34-/m0/s1. The molecule has 11 nitrogen and oxygen atoms in total. The van der Waals surface area contributed by atoms with E-state index in [-0.39, 0.29) is 26.2 Å². The Hall–Kier alpha value is -4.17. The van der Waals surface area contributed by atoms with Crippen LogP contribution in [0.4, 0.5) is 0 Å². The number of Topliss-reactive ketones (excluding diaryl/α,β-unsaturated/α-hetero) is 1. The summed E-state index contributed by atoms with van der Waals surface area (Å²) >= 11 is 0. The molecule has 0 spiro atoms. The van der Waals surface area contributed by atoms with Crippen molar-refractivity contribution in [1.82, 2.24) is 10.6 Å². The Bertz CT molecular complexity index is 1230. The maximum atomic E-state index is 13.5. The minimum Gasteiger partial charge on any atom is -0.481 e. The molecule has 0 radical (unpaired) electrons. The molecule has 0 heterocycles. The Kier molecular flexibility index (Phi) is 23.4. The molecule has 4 N–H and O–H groups in total. The summed E-state index contributed by atoms with van der Waals surface area (Å²) in [7, 11) is 1.47. The highest BCUT2D eigenvalue weighted by Gasteiger charge is 2.35. The predicted octanol–water partition coefficient (Wildman–Crippen LogP) is 5.50. The highest BCUT2D eigenvalue weighted by atomic mass is 16.5. The Morgan fingerprint density at radius 3 is 2.14 bits per heavy atom. The van der Waals surface area contributed by atoms with E-state index in [1.807, 2.05) is 0 Å². The number of carbonyl (C=O) groups is 5. The van der Waals surface area contributed by atoms with Crippen LogP contribution in [0.2, 0.25) is 0 Å². The van der Waals surface area contributed by atoms with Gasteiger partial charge < -0.3 is 30.3 Å². The van der Waals surface area contributed by atoms with E-state index in [2.05, 4.69) is 29.4 Å². The maximum Gasteiger partial charge on any atom is 0.326 e. The van der Waals surface area contributed by atoms with Crippen LogP contribution in [0.5, 0.6) is 5.75 Å². The van der Waals surface area contributed by atoms with Crippen LogP contribution in [0.25, 0.3) is 0 Å². The van der Waals surface area contributed by atoms with E-state index in [9.17, 15) is 34.2 Å². The van der Waals surface area contributed by atoms with Gasteiger partial charge in [0.15, 0.2) is 0 Å². The summed E-state index contributed by atoms with van der Waals surface area (Å²) in [6, 6.07) is 5.38. The first-order valence-corrected chi connectivity index (χ1v) is 17.4. The summed E-state index contributed by atoms with van der Waals surface area (Å²) in [6.45, 7) is 4.50. The lowest BCUT2D eigenvalue weighted by molar-refractivity contribution is -0.149. The third kappa shape index (κ3) is 20.1. The first-order valence-electron chi connectivity index (χ1n) is 17.4. The molecule has 0 unspecified atom stereocenters. The molecular formula is C38H56N2O9. The number of carboxylic acid groups (broad SMARTS) is 2. The number of methoxy groups -OCH3 is 1. The predicted molar refractivity (Wildman–Crippen MR) is 188 cm³/mol. The molecule has 1 aromatic rings. The number of unbranched alkanes of at least 4 members (excludes halogenated alkanes) is 8. The fraction of sp³-hybridized carbons (Fsp3) is 0.605. The average molecular weight is 685 g/mol. The zero-order chi connectivity index (χ0) is 36.3. The van der Waals surface area contributed by atoms with Crippen LogP contribution >= 0.6 is 0 Å². The van der Waals surface area contributed by atoms with Gasteiger partial charge in [-0.25, -0.2) is 4.79 Å². The largest absolute Gasteiger partial charge is 0.481 e. The van der Waals surface area contributed by atoms with Gasteiger partial charge in [0.05, 0.1) is 18.4 Å². The minimum absolute atomic E-state index is 0.0524. The lowest BCUT2D eigenvalue weighted by Gasteiger charge is -2.23. The molecule has 0 aromatic heterocycles. The van der Waals surface area contributed by atoms with Gasteiger partial charge in [0.2, 0.25) is 11.8 Å². The van der Waals surface area contributed by atoms with Crippen molar-refractivity contribution < 1.29 is 43.7 Å². The second-order valence-corrected chi connectivity index (χ2v) is 12.1. The van der Waals surface area contributed by atoms with Gasteiger partial charge in [0, 0.05) is 39.3 Å². The van der Waals surface area contributed by atoms with E-state index in [0.717, 1.165) is 38.5 Å². The molecule has 0 aliphatic rings. The SMILES string of the molecule is CC#CCOc1ccc(C[C@H](NC(=O)[C@@H](/C=C/CCCCCCC(=O)CCCCCCC)[C@@H](CC(=O)NCCOC)C(=O)O)C(=O)O)cc1. The number of hydrogen-bond acceptors (Lipinski definition) is 7. The van der Waals surface area contributed by atoms with E-state index < -0.39 is 48.1 Å². The fourth-order valence-corrected chi connectivity index (χ4v) is 5.19. The fourth-order valence-electron chi connectivity index (χ4n) is 5.19. The number of allylic oxidation sites excluding steroid dienone is 1. The molecule has 0 saturated heterocycles. The number of amides is 2. The Labute approximate surface area is 291 Å². The number of hydrogen-bond donors (Lipinski definition) is 4.